The number of rotatable bonds is 9. The van der Waals surface area contributed by atoms with Crippen LogP contribution >= 0.6 is 0 Å². The zero-order valence-corrected chi connectivity index (χ0v) is 19.4. The molecule has 186 valence electrons. The molecule has 0 aromatic heterocycles. The van der Waals surface area contributed by atoms with Crippen molar-refractivity contribution in [3.63, 3.8) is 0 Å². The van der Waals surface area contributed by atoms with E-state index in [4.69, 9.17) is 9.47 Å². The highest BCUT2D eigenvalue weighted by Crippen LogP contribution is 2.28. The van der Waals surface area contributed by atoms with Crippen LogP contribution in [0, 0.1) is 0 Å². The van der Waals surface area contributed by atoms with Crippen LogP contribution in [0.3, 0.4) is 0 Å². The van der Waals surface area contributed by atoms with Crippen LogP contribution in [0.2, 0.25) is 0 Å². The van der Waals surface area contributed by atoms with Gasteiger partial charge in [0.25, 0.3) is 5.91 Å². The Kier molecular flexibility index (Phi) is 8.29. The number of amides is 1. The van der Waals surface area contributed by atoms with Gasteiger partial charge in [-0.2, -0.15) is 0 Å². The molecule has 0 radical (unpaired) electrons. The van der Waals surface area contributed by atoms with E-state index < -0.39 is 16.2 Å². The third-order valence-electron chi connectivity index (χ3n) is 5.11. The van der Waals surface area contributed by atoms with Gasteiger partial charge in [-0.25, -0.2) is 8.42 Å². The van der Waals surface area contributed by atoms with E-state index in [0.717, 1.165) is 6.26 Å². The molecule has 1 amide bonds. The Balaban J connectivity index is 1.54. The molecule has 3 rings (SSSR count). The van der Waals surface area contributed by atoms with E-state index in [-0.39, 0.29) is 35.9 Å². The molecule has 0 atom stereocenters. The maximum Gasteiger partial charge on any atom is 0.573 e. The minimum Gasteiger partial charge on any atom is -0.493 e. The number of halogens is 3. The van der Waals surface area contributed by atoms with Gasteiger partial charge >= 0.3 is 6.36 Å². The molecule has 1 aliphatic rings. The predicted octanol–water partition coefficient (Wildman–Crippen LogP) is 4.08. The van der Waals surface area contributed by atoms with Crippen LogP contribution in [0.1, 0.15) is 29.6 Å². The number of alkyl halides is 3. The van der Waals surface area contributed by atoms with Crippen LogP contribution in [0.25, 0.3) is 0 Å². The fraction of sp³-hybridized carbons (Fsp3) is 0.435. The lowest BCUT2D eigenvalue weighted by Crippen LogP contribution is -2.41. The van der Waals surface area contributed by atoms with Crippen LogP contribution in [0.4, 0.5) is 13.2 Å². The van der Waals surface area contributed by atoms with Gasteiger partial charge in [-0.1, -0.05) is 18.2 Å². The molecule has 7 nitrogen and oxygen atoms in total. The van der Waals surface area contributed by atoms with E-state index >= 15 is 0 Å². The second-order valence-corrected chi connectivity index (χ2v) is 10.2. The van der Waals surface area contributed by atoms with Crippen LogP contribution in [-0.2, 0) is 9.84 Å². The van der Waals surface area contributed by atoms with Gasteiger partial charge in [-0.3, -0.25) is 4.79 Å². The molecule has 0 spiro atoms. The summed E-state index contributed by atoms with van der Waals surface area (Å²) in [4.78, 5) is 14.7. The predicted molar refractivity (Wildman–Crippen MR) is 119 cm³/mol. The van der Waals surface area contributed by atoms with Crippen molar-refractivity contribution in [1.29, 1.82) is 0 Å². The summed E-state index contributed by atoms with van der Waals surface area (Å²) in [6.45, 7) is 0.986. The molecule has 0 unspecified atom stereocenters. The van der Waals surface area contributed by atoms with Crippen molar-refractivity contribution in [2.75, 3.05) is 31.7 Å². The summed E-state index contributed by atoms with van der Waals surface area (Å²) in [7, 11) is -3.08. The lowest BCUT2D eigenvalue weighted by molar-refractivity contribution is -0.274. The van der Waals surface area contributed by atoms with E-state index in [1.807, 2.05) is 0 Å². The number of sulfone groups is 1. The average Bonchev–Trinajstić information content (AvgIpc) is 2.75. The number of para-hydroxylation sites is 1. The van der Waals surface area contributed by atoms with Gasteiger partial charge in [0.2, 0.25) is 0 Å². The van der Waals surface area contributed by atoms with Crippen molar-refractivity contribution < 1.29 is 40.6 Å². The molecule has 0 saturated carbocycles. The van der Waals surface area contributed by atoms with E-state index in [1.54, 1.807) is 35.2 Å². The SMILES string of the molecule is CS(=O)(=O)CCCOc1ccccc1C(=O)N1CCC(Oc2cccc(OC(F)(F)F)c2)CC1. The van der Waals surface area contributed by atoms with Gasteiger partial charge in [-0.05, 0) is 30.7 Å². The van der Waals surface area contributed by atoms with Gasteiger partial charge in [-0.15, -0.1) is 13.2 Å². The zero-order valence-electron chi connectivity index (χ0n) is 18.6. The molecule has 0 bridgehead atoms. The fourth-order valence-electron chi connectivity index (χ4n) is 3.56. The summed E-state index contributed by atoms with van der Waals surface area (Å²) in [5.74, 6) is 0.0886. The lowest BCUT2D eigenvalue weighted by atomic mass is 10.1. The van der Waals surface area contributed by atoms with E-state index in [1.165, 1.54) is 18.2 Å². The van der Waals surface area contributed by atoms with E-state index in [0.29, 0.717) is 43.7 Å². The quantitative estimate of drug-likeness (QED) is 0.482. The number of likely N-dealkylation sites (tertiary alicyclic amines) is 1. The highest BCUT2D eigenvalue weighted by molar-refractivity contribution is 7.90. The van der Waals surface area contributed by atoms with Crippen LogP contribution in [0.15, 0.2) is 48.5 Å². The summed E-state index contributed by atoms with van der Waals surface area (Å²) in [5.41, 5.74) is 0.387. The van der Waals surface area contributed by atoms with E-state index in [2.05, 4.69) is 4.74 Å². The summed E-state index contributed by atoms with van der Waals surface area (Å²) in [5, 5.41) is 0. The molecule has 1 saturated heterocycles. The van der Waals surface area contributed by atoms with Crippen molar-refractivity contribution in [2.24, 2.45) is 0 Å². The number of hydrogen-bond donors (Lipinski definition) is 0. The Hall–Kier alpha value is -2.95. The first-order chi connectivity index (χ1) is 16.0. The van der Waals surface area contributed by atoms with Crippen LogP contribution in [0.5, 0.6) is 17.2 Å². The van der Waals surface area contributed by atoms with Crippen molar-refractivity contribution in [3.05, 3.63) is 54.1 Å². The van der Waals surface area contributed by atoms with Gasteiger partial charge in [0.1, 0.15) is 33.2 Å². The van der Waals surface area contributed by atoms with Gasteiger partial charge < -0.3 is 19.1 Å². The molecule has 11 heteroatoms. The maximum absolute atomic E-state index is 13.0. The normalized spacial score (nSPS) is 15.1. The summed E-state index contributed by atoms with van der Waals surface area (Å²) >= 11 is 0. The minimum absolute atomic E-state index is 0.00185. The third-order valence-corrected chi connectivity index (χ3v) is 6.14. The lowest BCUT2D eigenvalue weighted by Gasteiger charge is -2.32. The second kappa shape index (κ2) is 11.0. The van der Waals surface area contributed by atoms with Crippen LogP contribution < -0.4 is 14.2 Å². The average molecular weight is 502 g/mol. The van der Waals surface area contributed by atoms with Gasteiger partial charge in [0, 0.05) is 38.3 Å². The zero-order chi connectivity index (χ0) is 24.8. The molecule has 34 heavy (non-hydrogen) atoms. The number of carbonyl (C=O) groups is 1. The standard InChI is InChI=1S/C23H26F3NO6S/c1-34(29,30)15-5-14-31-21-9-3-2-8-20(21)22(28)27-12-10-17(11-13-27)32-18-6-4-7-19(16-18)33-23(24,25)26/h2-4,6-9,16-17H,5,10-15H2,1H3. The van der Waals surface area contributed by atoms with E-state index in [9.17, 15) is 26.4 Å². The highest BCUT2D eigenvalue weighted by Gasteiger charge is 2.31. The molecule has 2 aromatic carbocycles. The number of piperidine rings is 1. The first-order valence-corrected chi connectivity index (χ1v) is 12.8. The molecule has 0 aliphatic carbocycles. The number of ether oxygens (including phenoxy) is 3. The smallest absolute Gasteiger partial charge is 0.493 e. The number of carbonyl (C=O) groups excluding carboxylic acids is 1. The first-order valence-electron chi connectivity index (χ1n) is 10.7. The third kappa shape index (κ3) is 8.12. The molecule has 1 heterocycles. The minimum atomic E-state index is -4.78. The summed E-state index contributed by atoms with van der Waals surface area (Å²) in [6.07, 6.45) is -2.55. The molecule has 1 fully saturated rings. The van der Waals surface area contributed by atoms with Gasteiger partial charge in [0.05, 0.1) is 17.9 Å². The molecule has 1 aliphatic heterocycles. The Morgan fingerprint density at radius 3 is 2.41 bits per heavy atom. The van der Waals surface area contributed by atoms with Crippen molar-refractivity contribution in [1.82, 2.24) is 4.90 Å². The molecular formula is C23H26F3NO6S. The largest absolute Gasteiger partial charge is 0.573 e. The Morgan fingerprint density at radius 1 is 1.06 bits per heavy atom. The molecule has 0 N–H and O–H groups in total. The summed E-state index contributed by atoms with van der Waals surface area (Å²) in [6, 6.07) is 12.1. The summed E-state index contributed by atoms with van der Waals surface area (Å²) < 4.78 is 75.2. The highest BCUT2D eigenvalue weighted by atomic mass is 32.2. The Morgan fingerprint density at radius 2 is 1.74 bits per heavy atom. The van der Waals surface area contributed by atoms with Crippen molar-refractivity contribution >= 4 is 15.7 Å². The number of benzene rings is 2. The molecule has 2 aromatic rings. The molecular weight excluding hydrogens is 475 g/mol. The van der Waals surface area contributed by atoms with Crippen molar-refractivity contribution in [2.45, 2.75) is 31.7 Å². The Bertz CT molecular complexity index is 1080. The second-order valence-electron chi connectivity index (χ2n) is 7.96. The maximum atomic E-state index is 13.0. The fourth-order valence-corrected chi connectivity index (χ4v) is 4.20. The number of nitrogens with zero attached hydrogens (tertiary/aromatic N) is 1. The number of hydrogen-bond acceptors (Lipinski definition) is 6. The first kappa shape index (κ1) is 25.7. The topological polar surface area (TPSA) is 82.1 Å². The van der Waals surface area contributed by atoms with Crippen LogP contribution in [-0.4, -0.2) is 63.4 Å². The Labute approximate surface area is 196 Å². The van der Waals surface area contributed by atoms with Gasteiger partial charge in [0.15, 0.2) is 0 Å². The van der Waals surface area contributed by atoms with Crippen molar-refractivity contribution in [3.8, 4) is 17.2 Å². The monoisotopic (exact) mass is 501 g/mol.